The van der Waals surface area contributed by atoms with Gasteiger partial charge in [0.05, 0.1) is 13.5 Å². The quantitative estimate of drug-likeness (QED) is 0.603. The Hall–Kier alpha value is -2.17. The monoisotopic (exact) mass is 265 g/mol. The molecule has 1 aromatic rings. The number of amides is 1. The van der Waals surface area contributed by atoms with E-state index in [1.165, 1.54) is 30.2 Å². The molecule has 4 nitrogen and oxygen atoms in total. The number of methoxy groups -OCH3 is 1. The lowest BCUT2D eigenvalue weighted by Crippen LogP contribution is -2.27. The second-order valence-corrected chi connectivity index (χ2v) is 3.94. The summed E-state index contributed by atoms with van der Waals surface area (Å²) < 4.78 is 17.8. The van der Waals surface area contributed by atoms with Gasteiger partial charge in [0.1, 0.15) is 5.82 Å². The fraction of sp³-hybridized carbons (Fsp3) is 0.286. The van der Waals surface area contributed by atoms with E-state index < -0.39 is 0 Å². The van der Waals surface area contributed by atoms with Crippen LogP contribution < -0.4 is 0 Å². The van der Waals surface area contributed by atoms with Gasteiger partial charge in [-0.05, 0) is 12.1 Å². The molecule has 0 atom stereocenters. The topological polar surface area (TPSA) is 46.6 Å². The van der Waals surface area contributed by atoms with Gasteiger partial charge in [-0.3, -0.25) is 9.59 Å². The van der Waals surface area contributed by atoms with Gasteiger partial charge in [0.2, 0.25) is 5.91 Å². The first-order valence-electron chi connectivity index (χ1n) is 5.79. The van der Waals surface area contributed by atoms with Crippen LogP contribution in [0.4, 0.5) is 4.39 Å². The average Bonchev–Trinajstić information content (AvgIpc) is 2.43. The SMILES string of the molecule is COC(=O)CCN(C)C(=O)C=Cc1ccccc1F. The molecule has 1 amide bonds. The predicted molar refractivity (Wildman–Crippen MR) is 69.7 cm³/mol. The van der Waals surface area contributed by atoms with Crippen LogP contribution in [0.1, 0.15) is 12.0 Å². The maximum Gasteiger partial charge on any atom is 0.307 e. The molecule has 0 aliphatic heterocycles. The van der Waals surface area contributed by atoms with E-state index in [4.69, 9.17) is 0 Å². The number of carbonyl (C=O) groups is 2. The summed E-state index contributed by atoms with van der Waals surface area (Å²) in [5.41, 5.74) is 0.345. The second-order valence-electron chi connectivity index (χ2n) is 3.94. The van der Waals surface area contributed by atoms with Crippen molar-refractivity contribution in [2.45, 2.75) is 6.42 Å². The van der Waals surface area contributed by atoms with Gasteiger partial charge < -0.3 is 9.64 Å². The highest BCUT2D eigenvalue weighted by Gasteiger charge is 2.08. The van der Waals surface area contributed by atoms with Crippen LogP contribution in [0.3, 0.4) is 0 Å². The molecule has 102 valence electrons. The van der Waals surface area contributed by atoms with Crippen molar-refractivity contribution < 1.29 is 18.7 Å². The van der Waals surface area contributed by atoms with E-state index in [0.717, 1.165) is 0 Å². The molecule has 0 radical (unpaired) electrons. The van der Waals surface area contributed by atoms with E-state index in [1.807, 2.05) is 0 Å². The minimum absolute atomic E-state index is 0.131. The van der Waals surface area contributed by atoms with Crippen LogP contribution in [-0.2, 0) is 14.3 Å². The van der Waals surface area contributed by atoms with E-state index in [9.17, 15) is 14.0 Å². The van der Waals surface area contributed by atoms with E-state index >= 15 is 0 Å². The summed E-state index contributed by atoms with van der Waals surface area (Å²) in [6, 6.07) is 6.17. The molecule has 0 heterocycles. The van der Waals surface area contributed by atoms with E-state index in [1.54, 1.807) is 25.2 Å². The first-order valence-corrected chi connectivity index (χ1v) is 5.79. The number of halogens is 1. The van der Waals surface area contributed by atoms with Crippen LogP contribution in [0.5, 0.6) is 0 Å². The molecular weight excluding hydrogens is 249 g/mol. The van der Waals surface area contributed by atoms with Gasteiger partial charge in [0.15, 0.2) is 0 Å². The summed E-state index contributed by atoms with van der Waals surface area (Å²) in [4.78, 5) is 24.0. The Kier molecular flexibility index (Phi) is 5.73. The Morgan fingerprint density at radius 1 is 1.37 bits per heavy atom. The molecule has 0 N–H and O–H groups in total. The molecule has 0 saturated carbocycles. The van der Waals surface area contributed by atoms with Crippen LogP contribution in [0.2, 0.25) is 0 Å². The molecule has 0 bridgehead atoms. The van der Waals surface area contributed by atoms with Crippen LogP contribution in [0, 0.1) is 5.82 Å². The lowest BCUT2D eigenvalue weighted by atomic mass is 10.2. The molecular formula is C14H16FNO3. The van der Waals surface area contributed by atoms with Gasteiger partial charge in [-0.15, -0.1) is 0 Å². The molecule has 0 fully saturated rings. The highest BCUT2D eigenvalue weighted by atomic mass is 19.1. The number of rotatable bonds is 5. The van der Waals surface area contributed by atoms with Gasteiger partial charge in [-0.25, -0.2) is 4.39 Å². The van der Waals surface area contributed by atoms with Crippen molar-refractivity contribution in [3.8, 4) is 0 Å². The molecule has 0 saturated heterocycles. The van der Waals surface area contributed by atoms with Crippen LogP contribution in [0.25, 0.3) is 6.08 Å². The summed E-state index contributed by atoms with van der Waals surface area (Å²) in [6.45, 7) is 0.257. The lowest BCUT2D eigenvalue weighted by molar-refractivity contribution is -0.141. The first kappa shape index (κ1) is 14.9. The van der Waals surface area contributed by atoms with Crippen molar-refractivity contribution in [1.29, 1.82) is 0 Å². The van der Waals surface area contributed by atoms with Crippen LogP contribution >= 0.6 is 0 Å². The Morgan fingerprint density at radius 3 is 2.68 bits per heavy atom. The third-order valence-electron chi connectivity index (χ3n) is 2.57. The Labute approximate surface area is 111 Å². The van der Waals surface area contributed by atoms with Crippen molar-refractivity contribution in [3.63, 3.8) is 0 Å². The number of likely N-dealkylation sites (N-methyl/N-ethyl adjacent to an activating group) is 1. The van der Waals surface area contributed by atoms with Crippen molar-refractivity contribution in [3.05, 3.63) is 41.7 Å². The third-order valence-corrected chi connectivity index (χ3v) is 2.57. The largest absolute Gasteiger partial charge is 0.469 e. The summed E-state index contributed by atoms with van der Waals surface area (Å²) in [7, 11) is 2.86. The maximum atomic E-state index is 13.3. The zero-order chi connectivity index (χ0) is 14.3. The molecule has 0 aliphatic rings. The number of nitrogens with zero attached hydrogens (tertiary/aromatic N) is 1. The summed E-state index contributed by atoms with van der Waals surface area (Å²) in [5.74, 6) is -1.06. The maximum absolute atomic E-state index is 13.3. The number of carbonyl (C=O) groups excluding carboxylic acids is 2. The Morgan fingerprint density at radius 2 is 2.05 bits per heavy atom. The zero-order valence-corrected chi connectivity index (χ0v) is 10.9. The highest BCUT2D eigenvalue weighted by molar-refractivity contribution is 5.91. The predicted octanol–water partition coefficient (Wildman–Crippen LogP) is 1.86. The Bertz CT molecular complexity index is 485. The molecule has 1 rings (SSSR count). The number of esters is 1. The van der Waals surface area contributed by atoms with E-state index in [0.29, 0.717) is 5.56 Å². The van der Waals surface area contributed by atoms with E-state index in [2.05, 4.69) is 4.74 Å². The van der Waals surface area contributed by atoms with Crippen molar-refractivity contribution in [2.75, 3.05) is 20.7 Å². The molecule has 0 aliphatic carbocycles. The van der Waals surface area contributed by atoms with E-state index in [-0.39, 0.29) is 30.7 Å². The summed E-state index contributed by atoms with van der Waals surface area (Å²) >= 11 is 0. The van der Waals surface area contributed by atoms with Gasteiger partial charge >= 0.3 is 5.97 Å². The van der Waals surface area contributed by atoms with Crippen molar-refractivity contribution >= 4 is 18.0 Å². The molecule has 0 unspecified atom stereocenters. The fourth-order valence-corrected chi connectivity index (χ4v) is 1.37. The lowest BCUT2D eigenvalue weighted by Gasteiger charge is -2.13. The van der Waals surface area contributed by atoms with Crippen LogP contribution in [0.15, 0.2) is 30.3 Å². The minimum atomic E-state index is -0.385. The number of hydrogen-bond donors (Lipinski definition) is 0. The molecule has 1 aromatic carbocycles. The number of hydrogen-bond acceptors (Lipinski definition) is 3. The first-order chi connectivity index (χ1) is 9.04. The van der Waals surface area contributed by atoms with Gasteiger partial charge in [-0.2, -0.15) is 0 Å². The van der Waals surface area contributed by atoms with Gasteiger partial charge in [0.25, 0.3) is 0 Å². The van der Waals surface area contributed by atoms with Crippen molar-refractivity contribution in [1.82, 2.24) is 4.90 Å². The number of ether oxygens (including phenoxy) is 1. The second kappa shape index (κ2) is 7.31. The average molecular weight is 265 g/mol. The fourth-order valence-electron chi connectivity index (χ4n) is 1.37. The zero-order valence-electron chi connectivity index (χ0n) is 10.9. The van der Waals surface area contributed by atoms with Gasteiger partial charge in [0, 0.05) is 25.2 Å². The Balaban J connectivity index is 2.55. The highest BCUT2D eigenvalue weighted by Crippen LogP contribution is 2.08. The molecule has 0 aromatic heterocycles. The standard InChI is InChI=1S/C14H16FNO3/c1-16(10-9-14(18)19-2)13(17)8-7-11-5-3-4-6-12(11)15/h3-8H,9-10H2,1-2H3. The third kappa shape index (κ3) is 4.91. The minimum Gasteiger partial charge on any atom is -0.469 e. The summed E-state index contributed by atoms with van der Waals surface area (Å²) in [6.07, 6.45) is 2.81. The normalized spacial score (nSPS) is 10.5. The molecule has 19 heavy (non-hydrogen) atoms. The summed E-state index contributed by atoms with van der Waals surface area (Å²) in [5, 5.41) is 0. The smallest absolute Gasteiger partial charge is 0.307 e. The number of benzene rings is 1. The van der Waals surface area contributed by atoms with Gasteiger partial charge in [-0.1, -0.05) is 18.2 Å². The molecule has 5 heteroatoms. The van der Waals surface area contributed by atoms with Crippen molar-refractivity contribution in [2.24, 2.45) is 0 Å². The van der Waals surface area contributed by atoms with Crippen LogP contribution in [-0.4, -0.2) is 37.5 Å². The molecule has 0 spiro atoms.